The second-order valence-electron chi connectivity index (χ2n) is 4.53. The molecule has 0 aromatic carbocycles. The second kappa shape index (κ2) is 5.46. The first kappa shape index (κ1) is 14.3. The van der Waals surface area contributed by atoms with Gasteiger partial charge in [0.2, 0.25) is 0 Å². The highest BCUT2D eigenvalue weighted by Gasteiger charge is 2.28. The summed E-state index contributed by atoms with van der Waals surface area (Å²) in [5.74, 6) is -1.50. The number of aryl methyl sites for hydroxylation is 3. The number of thiophene rings is 1. The Kier molecular flexibility index (Phi) is 3.89. The van der Waals surface area contributed by atoms with Gasteiger partial charge in [0.15, 0.2) is 6.04 Å². The minimum Gasteiger partial charge on any atom is -0.479 e. The van der Waals surface area contributed by atoms with Gasteiger partial charge in [-0.1, -0.05) is 0 Å². The van der Waals surface area contributed by atoms with Gasteiger partial charge in [-0.05, 0) is 37.8 Å². The Labute approximate surface area is 119 Å². The van der Waals surface area contributed by atoms with Crippen molar-refractivity contribution in [3.05, 3.63) is 38.8 Å². The third kappa shape index (κ3) is 2.57. The molecule has 0 aliphatic carbocycles. The van der Waals surface area contributed by atoms with E-state index in [9.17, 15) is 14.7 Å². The molecule has 20 heavy (non-hydrogen) atoms. The van der Waals surface area contributed by atoms with Gasteiger partial charge in [-0.2, -0.15) is 5.10 Å². The first-order chi connectivity index (χ1) is 9.41. The monoisotopic (exact) mass is 293 g/mol. The zero-order chi connectivity index (χ0) is 14.9. The maximum atomic E-state index is 12.2. The van der Waals surface area contributed by atoms with Crippen LogP contribution in [0.15, 0.2) is 11.4 Å². The van der Waals surface area contributed by atoms with Crippen molar-refractivity contribution < 1.29 is 14.7 Å². The smallest absolute Gasteiger partial charge is 0.331 e. The number of H-pyrrole nitrogens is 1. The topological polar surface area (TPSA) is 95.1 Å². The number of nitrogens with zero attached hydrogens (tertiary/aromatic N) is 1. The lowest BCUT2D eigenvalue weighted by molar-refractivity contribution is -0.139. The Morgan fingerprint density at radius 2 is 2.10 bits per heavy atom. The normalized spacial score (nSPS) is 12.2. The molecule has 2 heterocycles. The second-order valence-corrected chi connectivity index (χ2v) is 5.44. The first-order valence-electron chi connectivity index (χ1n) is 6.01. The van der Waals surface area contributed by atoms with E-state index in [0.29, 0.717) is 21.8 Å². The fraction of sp³-hybridized carbons (Fsp3) is 0.308. The van der Waals surface area contributed by atoms with Gasteiger partial charge in [0, 0.05) is 11.3 Å². The van der Waals surface area contributed by atoms with Crippen molar-refractivity contribution in [2.75, 3.05) is 0 Å². The van der Waals surface area contributed by atoms with E-state index in [4.69, 9.17) is 0 Å². The molecule has 0 radical (unpaired) electrons. The van der Waals surface area contributed by atoms with E-state index < -0.39 is 12.0 Å². The number of nitrogens with one attached hydrogen (secondary N) is 2. The van der Waals surface area contributed by atoms with Crippen LogP contribution in [0.2, 0.25) is 0 Å². The molecular weight excluding hydrogens is 278 g/mol. The summed E-state index contributed by atoms with van der Waals surface area (Å²) in [5, 5.41) is 20.4. The quantitative estimate of drug-likeness (QED) is 0.803. The maximum Gasteiger partial charge on any atom is 0.331 e. The van der Waals surface area contributed by atoms with Gasteiger partial charge in [0.05, 0.1) is 10.6 Å². The minimum absolute atomic E-state index is 0.384. The summed E-state index contributed by atoms with van der Waals surface area (Å²) in [6.07, 6.45) is 0. The molecule has 0 unspecified atom stereocenters. The van der Waals surface area contributed by atoms with Crippen molar-refractivity contribution in [1.82, 2.24) is 15.5 Å². The molecule has 7 heteroatoms. The number of hydrogen-bond donors (Lipinski definition) is 3. The number of aliphatic carboxylic acids is 1. The molecule has 1 atom stereocenters. The zero-order valence-electron chi connectivity index (χ0n) is 11.4. The summed E-state index contributed by atoms with van der Waals surface area (Å²) in [4.78, 5) is 24.1. The van der Waals surface area contributed by atoms with Gasteiger partial charge in [-0.15, -0.1) is 11.3 Å². The number of amides is 1. The Hall–Kier alpha value is -2.15. The lowest BCUT2D eigenvalue weighted by Gasteiger charge is -2.15. The predicted molar refractivity (Wildman–Crippen MR) is 75.0 cm³/mol. The fourth-order valence-electron chi connectivity index (χ4n) is 2.04. The summed E-state index contributed by atoms with van der Waals surface area (Å²) in [6, 6.07) is 0.715. The zero-order valence-corrected chi connectivity index (χ0v) is 12.2. The Morgan fingerprint density at radius 3 is 2.55 bits per heavy atom. The van der Waals surface area contributed by atoms with Crippen LogP contribution in [-0.4, -0.2) is 27.2 Å². The summed E-state index contributed by atoms with van der Waals surface area (Å²) >= 11 is 1.29. The number of aromatic nitrogens is 2. The molecule has 2 aromatic heterocycles. The van der Waals surface area contributed by atoms with Crippen LogP contribution in [-0.2, 0) is 4.79 Å². The van der Waals surface area contributed by atoms with E-state index in [1.54, 1.807) is 19.2 Å². The Balaban J connectivity index is 2.30. The minimum atomic E-state index is -1.11. The van der Waals surface area contributed by atoms with Crippen molar-refractivity contribution >= 4 is 23.2 Å². The maximum absolute atomic E-state index is 12.2. The Bertz CT molecular complexity index is 640. The highest BCUT2D eigenvalue weighted by molar-refractivity contribution is 7.12. The molecule has 2 aromatic rings. The third-order valence-corrected chi connectivity index (χ3v) is 4.08. The van der Waals surface area contributed by atoms with Crippen LogP contribution in [0.5, 0.6) is 0 Å². The lowest BCUT2D eigenvalue weighted by atomic mass is 10.0. The predicted octanol–water partition coefficient (Wildman–Crippen LogP) is 1.95. The SMILES string of the molecule is Cc1ccsc1C(=O)N[C@@H](C(=O)O)c1c(C)n[nH]c1C. The largest absolute Gasteiger partial charge is 0.479 e. The molecule has 0 spiro atoms. The highest BCUT2D eigenvalue weighted by atomic mass is 32.1. The van der Waals surface area contributed by atoms with Gasteiger partial charge >= 0.3 is 5.97 Å². The average Bonchev–Trinajstić information content (AvgIpc) is 2.93. The highest BCUT2D eigenvalue weighted by Crippen LogP contribution is 2.22. The molecule has 3 N–H and O–H groups in total. The van der Waals surface area contributed by atoms with Gasteiger partial charge in [-0.3, -0.25) is 9.89 Å². The van der Waals surface area contributed by atoms with E-state index in [0.717, 1.165) is 5.56 Å². The van der Waals surface area contributed by atoms with E-state index >= 15 is 0 Å². The first-order valence-corrected chi connectivity index (χ1v) is 6.89. The molecule has 106 valence electrons. The number of carboxylic acid groups (broad SMARTS) is 1. The van der Waals surface area contributed by atoms with Crippen LogP contribution in [0.1, 0.15) is 38.2 Å². The molecule has 0 fully saturated rings. The van der Waals surface area contributed by atoms with Gasteiger partial charge in [0.1, 0.15) is 0 Å². The lowest BCUT2D eigenvalue weighted by Crippen LogP contribution is -2.34. The van der Waals surface area contributed by atoms with Crippen molar-refractivity contribution in [2.45, 2.75) is 26.8 Å². The molecule has 0 saturated carbocycles. The Morgan fingerprint density at radius 1 is 1.40 bits per heavy atom. The van der Waals surface area contributed by atoms with E-state index in [-0.39, 0.29) is 5.91 Å². The van der Waals surface area contributed by atoms with Gasteiger partial charge in [0.25, 0.3) is 5.91 Å². The van der Waals surface area contributed by atoms with E-state index in [1.807, 2.05) is 13.0 Å². The molecule has 2 rings (SSSR count). The summed E-state index contributed by atoms with van der Waals surface area (Å²) in [6.45, 7) is 5.25. The molecule has 1 amide bonds. The third-order valence-electron chi connectivity index (χ3n) is 3.06. The van der Waals surface area contributed by atoms with Crippen molar-refractivity contribution in [2.24, 2.45) is 0 Å². The van der Waals surface area contributed by atoms with Crippen LogP contribution >= 0.6 is 11.3 Å². The van der Waals surface area contributed by atoms with Gasteiger partial charge < -0.3 is 10.4 Å². The van der Waals surface area contributed by atoms with Gasteiger partial charge in [-0.25, -0.2) is 4.79 Å². The molecular formula is C13H15N3O3S. The number of rotatable bonds is 4. The van der Waals surface area contributed by atoms with Crippen LogP contribution < -0.4 is 5.32 Å². The number of carbonyl (C=O) groups is 2. The van der Waals surface area contributed by atoms with Crippen LogP contribution in [0.4, 0.5) is 0 Å². The van der Waals surface area contributed by atoms with E-state index in [1.165, 1.54) is 11.3 Å². The van der Waals surface area contributed by atoms with Crippen molar-refractivity contribution in [3.8, 4) is 0 Å². The van der Waals surface area contributed by atoms with E-state index in [2.05, 4.69) is 15.5 Å². The summed E-state index contributed by atoms with van der Waals surface area (Å²) < 4.78 is 0. The molecule has 6 nitrogen and oxygen atoms in total. The summed E-state index contributed by atoms with van der Waals surface area (Å²) in [5.41, 5.74) is 2.54. The number of aromatic amines is 1. The summed E-state index contributed by atoms with van der Waals surface area (Å²) in [7, 11) is 0. The van der Waals surface area contributed by atoms with Crippen molar-refractivity contribution in [3.63, 3.8) is 0 Å². The molecule has 0 aliphatic heterocycles. The standard InChI is InChI=1S/C13H15N3O3S/c1-6-4-5-20-11(6)12(17)14-10(13(18)19)9-7(2)15-16-8(9)3/h4-5,10H,1-3H3,(H,14,17)(H,15,16)(H,18,19)/t10-/m1/s1. The average molecular weight is 293 g/mol. The van der Waals surface area contributed by atoms with Crippen molar-refractivity contribution in [1.29, 1.82) is 0 Å². The molecule has 0 aliphatic rings. The molecule has 0 saturated heterocycles. The van der Waals surface area contributed by atoms with Crippen LogP contribution in [0, 0.1) is 20.8 Å². The number of hydrogen-bond acceptors (Lipinski definition) is 4. The number of carbonyl (C=O) groups excluding carboxylic acids is 1. The fourth-order valence-corrected chi connectivity index (χ4v) is 2.87. The van der Waals surface area contributed by atoms with Crippen LogP contribution in [0.25, 0.3) is 0 Å². The molecule has 0 bridgehead atoms. The van der Waals surface area contributed by atoms with Crippen LogP contribution in [0.3, 0.4) is 0 Å². The number of carboxylic acids is 1.